The Labute approximate surface area is 170 Å². The maximum absolute atomic E-state index is 12.3. The lowest BCUT2D eigenvalue weighted by Crippen LogP contribution is -2.28. The first-order valence-corrected chi connectivity index (χ1v) is 10.5. The van der Waals surface area contributed by atoms with Crippen molar-refractivity contribution in [1.29, 1.82) is 0 Å². The molecule has 0 atom stereocenters. The number of anilines is 1. The number of carbonyl (C=O) groups is 1. The zero-order valence-corrected chi connectivity index (χ0v) is 17.4. The quantitative estimate of drug-likeness (QED) is 0.441. The molecule has 1 heterocycles. The number of rotatable bonds is 5. The molecular weight excluding hydrogens is 392 g/mol. The van der Waals surface area contributed by atoms with Gasteiger partial charge < -0.3 is 15.4 Å². The van der Waals surface area contributed by atoms with Crippen molar-refractivity contribution in [2.24, 2.45) is 5.16 Å². The first kappa shape index (κ1) is 21.0. The minimum atomic E-state index is -3.48. The van der Waals surface area contributed by atoms with Gasteiger partial charge in [-0.1, -0.05) is 23.4 Å². The number of carbonyl (C=O) groups excluding carboxylic acids is 1. The Bertz CT molecular complexity index is 1050. The van der Waals surface area contributed by atoms with Crippen molar-refractivity contribution >= 4 is 27.8 Å². The highest BCUT2D eigenvalue weighted by Crippen LogP contribution is 2.35. The van der Waals surface area contributed by atoms with Gasteiger partial charge >= 0.3 is 0 Å². The van der Waals surface area contributed by atoms with Crippen LogP contribution in [0, 0.1) is 0 Å². The number of hydrogen-bond donors (Lipinski definition) is 2. The summed E-state index contributed by atoms with van der Waals surface area (Å²) in [4.78, 5) is 14.2. The van der Waals surface area contributed by atoms with Crippen molar-refractivity contribution in [1.82, 2.24) is 9.21 Å². The van der Waals surface area contributed by atoms with E-state index in [1.807, 2.05) is 19.2 Å². The lowest BCUT2D eigenvalue weighted by Gasteiger charge is -2.29. The van der Waals surface area contributed by atoms with Crippen LogP contribution in [0.5, 0.6) is 0 Å². The highest BCUT2D eigenvalue weighted by Gasteiger charge is 2.22. The molecule has 154 valence electrons. The molecule has 0 fully saturated rings. The molecule has 8 nitrogen and oxygen atoms in total. The van der Waals surface area contributed by atoms with Crippen LogP contribution in [0.1, 0.15) is 11.1 Å². The topological polar surface area (TPSA) is 102 Å². The molecule has 29 heavy (non-hydrogen) atoms. The maximum Gasteiger partial charge on any atom is 0.270 e. The number of amides is 1. The zero-order valence-electron chi connectivity index (χ0n) is 16.6. The highest BCUT2D eigenvalue weighted by molar-refractivity contribution is 7.89. The summed E-state index contributed by atoms with van der Waals surface area (Å²) in [6, 6.07) is 10.6. The molecule has 2 N–H and O–H groups in total. The summed E-state index contributed by atoms with van der Waals surface area (Å²) in [5, 5.41) is 14.1. The second-order valence-corrected chi connectivity index (χ2v) is 9.30. The molecule has 0 bridgehead atoms. The average Bonchev–Trinajstić information content (AvgIpc) is 2.68. The minimum absolute atomic E-state index is 0.243. The van der Waals surface area contributed by atoms with E-state index in [1.54, 1.807) is 24.3 Å². The Hall–Kier alpha value is -2.75. The lowest BCUT2D eigenvalue weighted by atomic mass is 9.89. The third-order valence-corrected chi connectivity index (χ3v) is 6.81. The number of benzene rings is 2. The van der Waals surface area contributed by atoms with Crippen LogP contribution in [0.2, 0.25) is 0 Å². The number of nitrogens with zero attached hydrogens (tertiary/aromatic N) is 3. The first-order chi connectivity index (χ1) is 13.7. The lowest BCUT2D eigenvalue weighted by molar-refractivity contribution is -0.110. The van der Waals surface area contributed by atoms with Crippen LogP contribution in [0.15, 0.2) is 46.4 Å². The molecule has 0 saturated heterocycles. The molecule has 0 aromatic heterocycles. The predicted molar refractivity (Wildman–Crippen MR) is 112 cm³/mol. The summed E-state index contributed by atoms with van der Waals surface area (Å²) in [6.07, 6.45) is 1.62. The van der Waals surface area contributed by atoms with E-state index in [2.05, 4.69) is 15.4 Å². The number of sulfonamides is 1. The smallest absolute Gasteiger partial charge is 0.270 e. The van der Waals surface area contributed by atoms with Crippen molar-refractivity contribution < 1.29 is 18.4 Å². The van der Waals surface area contributed by atoms with Crippen molar-refractivity contribution in [2.75, 3.05) is 33.0 Å². The van der Waals surface area contributed by atoms with Crippen molar-refractivity contribution in [3.63, 3.8) is 0 Å². The fourth-order valence-electron chi connectivity index (χ4n) is 3.43. The third-order valence-electron chi connectivity index (χ3n) is 4.98. The summed E-state index contributed by atoms with van der Waals surface area (Å²) in [5.74, 6) is -0.506. The van der Waals surface area contributed by atoms with Crippen LogP contribution >= 0.6 is 0 Å². The van der Waals surface area contributed by atoms with Gasteiger partial charge in [0.2, 0.25) is 10.0 Å². The Balaban J connectivity index is 2.02. The summed E-state index contributed by atoms with van der Waals surface area (Å²) < 4.78 is 25.8. The Kier molecular flexibility index (Phi) is 6.02. The molecule has 0 spiro atoms. The average molecular weight is 417 g/mol. The van der Waals surface area contributed by atoms with Crippen LogP contribution < -0.4 is 5.32 Å². The van der Waals surface area contributed by atoms with Gasteiger partial charge in [0, 0.05) is 32.9 Å². The monoisotopic (exact) mass is 416 g/mol. The number of nitrogens with one attached hydrogen (secondary N) is 1. The molecule has 3 rings (SSSR count). The third kappa shape index (κ3) is 4.31. The van der Waals surface area contributed by atoms with Crippen molar-refractivity contribution in [2.45, 2.75) is 17.9 Å². The van der Waals surface area contributed by atoms with Gasteiger partial charge in [0.25, 0.3) is 5.91 Å². The number of likely N-dealkylation sites (N-methyl/N-ethyl adjacent to an activating group) is 1. The van der Waals surface area contributed by atoms with Gasteiger partial charge in [-0.3, -0.25) is 4.79 Å². The van der Waals surface area contributed by atoms with E-state index in [4.69, 9.17) is 5.21 Å². The first-order valence-electron chi connectivity index (χ1n) is 9.08. The Morgan fingerprint density at radius 1 is 1.17 bits per heavy atom. The van der Waals surface area contributed by atoms with Crippen LogP contribution in [-0.4, -0.2) is 62.6 Å². The number of oxime groups is 1. The van der Waals surface area contributed by atoms with E-state index < -0.39 is 15.9 Å². The molecule has 1 aliphatic heterocycles. The van der Waals surface area contributed by atoms with Gasteiger partial charge in [0.1, 0.15) is 6.21 Å². The van der Waals surface area contributed by atoms with Gasteiger partial charge in [-0.25, -0.2) is 12.7 Å². The highest BCUT2D eigenvalue weighted by atomic mass is 32.2. The molecule has 2 aromatic rings. The predicted octanol–water partition coefficient (Wildman–Crippen LogP) is 1.99. The van der Waals surface area contributed by atoms with Gasteiger partial charge in [-0.05, 0) is 53.9 Å². The van der Waals surface area contributed by atoms with E-state index in [0.717, 1.165) is 41.4 Å². The largest absolute Gasteiger partial charge is 0.411 e. The molecule has 1 aliphatic rings. The van der Waals surface area contributed by atoms with E-state index in [1.165, 1.54) is 18.4 Å². The van der Waals surface area contributed by atoms with Crippen molar-refractivity contribution in [3.05, 3.63) is 47.5 Å². The molecular formula is C20H24N4O4S. The molecule has 0 unspecified atom stereocenters. The van der Waals surface area contributed by atoms with Gasteiger partial charge in [-0.2, -0.15) is 0 Å². The number of fused-ring (bicyclic) bond motifs is 1. The molecule has 0 aliphatic carbocycles. The van der Waals surface area contributed by atoms with Crippen LogP contribution in [0.4, 0.5) is 5.69 Å². The fourth-order valence-corrected chi connectivity index (χ4v) is 4.33. The standard InChI is InChI=1S/C20H24N4O4S/c1-23(2)29(27,28)15-6-4-14(5-7-15)16-8-9-19(22-20(25)12-21-26)18-13-24(3)11-10-17(16)18/h4-9,12,26H,10-11,13H2,1-3H3,(H,22,25)/b21-12-. The van der Waals surface area contributed by atoms with Crippen molar-refractivity contribution in [3.8, 4) is 11.1 Å². The molecule has 1 amide bonds. The summed E-state index contributed by atoms with van der Waals surface area (Å²) in [5.41, 5.74) is 4.71. The molecule has 2 aromatic carbocycles. The van der Waals surface area contributed by atoms with Crippen LogP contribution in [0.3, 0.4) is 0 Å². The fraction of sp³-hybridized carbons (Fsp3) is 0.300. The van der Waals surface area contributed by atoms with Gasteiger partial charge in [0.05, 0.1) is 4.90 Å². The maximum atomic E-state index is 12.3. The second kappa shape index (κ2) is 8.32. The van der Waals surface area contributed by atoms with E-state index >= 15 is 0 Å². The minimum Gasteiger partial charge on any atom is -0.411 e. The van der Waals surface area contributed by atoms with E-state index in [0.29, 0.717) is 12.2 Å². The van der Waals surface area contributed by atoms with Gasteiger partial charge in [0.15, 0.2) is 0 Å². The Morgan fingerprint density at radius 2 is 1.86 bits per heavy atom. The molecule has 9 heteroatoms. The normalized spacial score (nSPS) is 14.9. The van der Waals surface area contributed by atoms with E-state index in [-0.39, 0.29) is 4.90 Å². The summed E-state index contributed by atoms with van der Waals surface area (Å²) >= 11 is 0. The zero-order chi connectivity index (χ0) is 21.2. The number of hydrogen-bond acceptors (Lipinski definition) is 6. The SMILES string of the molecule is CN1CCc2c(-c3ccc(S(=O)(=O)N(C)C)cc3)ccc(NC(=O)/C=N\O)c2C1. The van der Waals surface area contributed by atoms with E-state index in [9.17, 15) is 13.2 Å². The van der Waals surface area contributed by atoms with Gasteiger partial charge in [-0.15, -0.1) is 0 Å². The second-order valence-electron chi connectivity index (χ2n) is 7.15. The molecule has 0 radical (unpaired) electrons. The Morgan fingerprint density at radius 3 is 2.48 bits per heavy atom. The summed E-state index contributed by atoms with van der Waals surface area (Å²) in [7, 11) is 1.54. The summed E-state index contributed by atoms with van der Waals surface area (Å²) in [6.45, 7) is 1.55. The van der Waals surface area contributed by atoms with Crippen LogP contribution in [-0.2, 0) is 27.8 Å². The van der Waals surface area contributed by atoms with Crippen LogP contribution in [0.25, 0.3) is 11.1 Å². The molecule has 0 saturated carbocycles.